The molecule has 0 amide bonds. The van der Waals surface area contributed by atoms with Crippen molar-refractivity contribution in [2.24, 2.45) is 0 Å². The molecule has 0 spiro atoms. The number of ether oxygens (including phenoxy) is 1. The third-order valence-electron chi connectivity index (χ3n) is 4.97. The van der Waals surface area contributed by atoms with Crippen molar-refractivity contribution in [3.05, 3.63) is 23.3 Å². The van der Waals surface area contributed by atoms with Gasteiger partial charge in [-0.3, -0.25) is 4.79 Å². The van der Waals surface area contributed by atoms with Gasteiger partial charge in [0.05, 0.1) is 23.3 Å². The molecular formula is C18H27NO4S. The highest BCUT2D eigenvalue weighted by Gasteiger charge is 2.40. The van der Waals surface area contributed by atoms with Crippen molar-refractivity contribution >= 4 is 16.1 Å². The summed E-state index contributed by atoms with van der Waals surface area (Å²) in [6, 6.07) is 3.00. The third kappa shape index (κ3) is 3.49. The number of aldehydes is 1. The van der Waals surface area contributed by atoms with Gasteiger partial charge < -0.3 is 10.1 Å². The van der Waals surface area contributed by atoms with Crippen LogP contribution in [0.4, 0.5) is 0 Å². The zero-order valence-corrected chi connectivity index (χ0v) is 15.7. The average molecular weight is 353 g/mol. The number of benzene rings is 1. The van der Waals surface area contributed by atoms with E-state index in [1.807, 2.05) is 13.8 Å². The fourth-order valence-corrected chi connectivity index (χ4v) is 5.74. The number of sulfone groups is 1. The molecule has 0 saturated heterocycles. The Kier molecular flexibility index (Phi) is 5.71. The van der Waals surface area contributed by atoms with Gasteiger partial charge in [-0.2, -0.15) is 0 Å². The van der Waals surface area contributed by atoms with Crippen LogP contribution in [-0.2, 0) is 9.84 Å². The molecule has 24 heavy (non-hydrogen) atoms. The summed E-state index contributed by atoms with van der Waals surface area (Å²) in [5, 5.41) is 3.55. The van der Waals surface area contributed by atoms with Crippen LogP contribution in [0.1, 0.15) is 68.4 Å². The van der Waals surface area contributed by atoms with Crippen LogP contribution in [0.5, 0.6) is 5.75 Å². The molecule has 6 heteroatoms. The van der Waals surface area contributed by atoms with E-state index in [2.05, 4.69) is 12.2 Å². The Morgan fingerprint density at radius 3 is 2.62 bits per heavy atom. The molecule has 1 aliphatic rings. The van der Waals surface area contributed by atoms with Crippen LogP contribution in [0, 0.1) is 0 Å². The molecule has 1 aliphatic heterocycles. The Bertz CT molecular complexity index is 714. The van der Waals surface area contributed by atoms with Crippen LogP contribution in [0.25, 0.3) is 0 Å². The van der Waals surface area contributed by atoms with Crippen LogP contribution in [0.3, 0.4) is 0 Å². The van der Waals surface area contributed by atoms with Gasteiger partial charge in [0.2, 0.25) is 0 Å². The smallest absolute Gasteiger partial charge is 0.180 e. The first-order chi connectivity index (χ1) is 11.3. The average Bonchev–Trinajstić information content (AvgIpc) is 2.65. The summed E-state index contributed by atoms with van der Waals surface area (Å²) in [5.41, 5.74) is 0.496. The molecular weight excluding hydrogens is 326 g/mol. The Morgan fingerprint density at radius 1 is 1.38 bits per heavy atom. The predicted octanol–water partition coefficient (Wildman–Crippen LogP) is 3.28. The molecule has 1 aromatic carbocycles. The molecule has 0 aliphatic carbocycles. The lowest BCUT2D eigenvalue weighted by Crippen LogP contribution is -2.49. The van der Waals surface area contributed by atoms with Crippen LogP contribution in [0.15, 0.2) is 17.0 Å². The lowest BCUT2D eigenvalue weighted by molar-refractivity contribution is 0.112. The lowest BCUT2D eigenvalue weighted by Gasteiger charge is -2.34. The fourth-order valence-electron chi connectivity index (χ4n) is 3.53. The standard InChI is InChI=1S/C18H27NO4S/c1-5-7-8-18(6-2)12-24(21,22)17-9-14(11-20)16(23-4)10-15(17)13(3)19-18/h9-11,13,19H,5-8,12H2,1-4H3/t13-,18-/m1/s1. The molecule has 0 saturated carbocycles. The van der Waals surface area contributed by atoms with Crippen molar-refractivity contribution in [1.82, 2.24) is 5.32 Å². The summed E-state index contributed by atoms with van der Waals surface area (Å²) < 4.78 is 31.3. The summed E-state index contributed by atoms with van der Waals surface area (Å²) in [6.07, 6.45) is 4.19. The van der Waals surface area contributed by atoms with Crippen LogP contribution >= 0.6 is 0 Å². The first kappa shape index (κ1) is 18.9. The summed E-state index contributed by atoms with van der Waals surface area (Å²) in [4.78, 5) is 11.5. The molecule has 2 rings (SSSR count). The van der Waals surface area contributed by atoms with E-state index >= 15 is 0 Å². The van der Waals surface area contributed by atoms with E-state index in [1.54, 1.807) is 6.07 Å². The van der Waals surface area contributed by atoms with Gasteiger partial charge in [0.25, 0.3) is 0 Å². The molecule has 1 N–H and O–H groups in total. The summed E-state index contributed by atoms with van der Waals surface area (Å²) in [5.74, 6) is 0.462. The minimum Gasteiger partial charge on any atom is -0.496 e. The van der Waals surface area contributed by atoms with Crippen LogP contribution in [0.2, 0.25) is 0 Å². The van der Waals surface area contributed by atoms with Crippen molar-refractivity contribution in [3.63, 3.8) is 0 Å². The number of hydrogen-bond donors (Lipinski definition) is 1. The molecule has 0 unspecified atom stereocenters. The highest BCUT2D eigenvalue weighted by atomic mass is 32.2. The topological polar surface area (TPSA) is 72.5 Å². The van der Waals surface area contributed by atoms with Gasteiger partial charge in [-0.1, -0.05) is 26.7 Å². The number of fused-ring (bicyclic) bond motifs is 1. The maximum absolute atomic E-state index is 13.0. The molecule has 5 nitrogen and oxygen atoms in total. The van der Waals surface area contributed by atoms with Crippen molar-refractivity contribution in [3.8, 4) is 5.75 Å². The summed E-state index contributed by atoms with van der Waals surface area (Å²) in [7, 11) is -2.01. The van der Waals surface area contributed by atoms with Gasteiger partial charge in [-0.05, 0) is 37.5 Å². The largest absolute Gasteiger partial charge is 0.496 e. The number of carbonyl (C=O) groups excluding carboxylic acids is 1. The van der Waals surface area contributed by atoms with E-state index in [0.29, 0.717) is 17.6 Å². The minimum absolute atomic E-state index is 0.0540. The van der Waals surface area contributed by atoms with Crippen molar-refractivity contribution in [2.45, 2.75) is 62.9 Å². The monoisotopic (exact) mass is 353 g/mol. The maximum Gasteiger partial charge on any atom is 0.180 e. The van der Waals surface area contributed by atoms with E-state index in [4.69, 9.17) is 4.74 Å². The van der Waals surface area contributed by atoms with Crippen LogP contribution in [-0.4, -0.2) is 33.1 Å². The second kappa shape index (κ2) is 7.23. The van der Waals surface area contributed by atoms with E-state index in [9.17, 15) is 13.2 Å². The first-order valence-electron chi connectivity index (χ1n) is 8.50. The minimum atomic E-state index is -3.50. The summed E-state index contributed by atoms with van der Waals surface area (Å²) >= 11 is 0. The third-order valence-corrected chi connectivity index (χ3v) is 6.92. The van der Waals surface area contributed by atoms with Gasteiger partial charge in [0, 0.05) is 11.6 Å². The maximum atomic E-state index is 13.0. The van der Waals surface area contributed by atoms with E-state index < -0.39 is 15.4 Å². The Hall–Kier alpha value is -1.40. The van der Waals surface area contributed by atoms with E-state index in [0.717, 1.165) is 25.7 Å². The Labute approximate surface area is 144 Å². The number of methoxy groups -OCH3 is 1. The predicted molar refractivity (Wildman–Crippen MR) is 94.5 cm³/mol. The molecule has 2 atom stereocenters. The number of unbranched alkanes of at least 4 members (excludes halogenated alkanes) is 1. The molecule has 0 radical (unpaired) electrons. The van der Waals surface area contributed by atoms with E-state index in [1.165, 1.54) is 13.2 Å². The summed E-state index contributed by atoms with van der Waals surface area (Å²) in [6.45, 7) is 6.10. The second-order valence-electron chi connectivity index (χ2n) is 6.61. The van der Waals surface area contributed by atoms with Crippen molar-refractivity contribution in [1.29, 1.82) is 0 Å². The SMILES string of the molecule is CCCC[C@]1(CC)CS(=O)(=O)c2cc(C=O)c(OC)cc2[C@@H](C)N1. The Balaban J connectivity index is 2.61. The lowest BCUT2D eigenvalue weighted by atomic mass is 9.90. The molecule has 0 fully saturated rings. The van der Waals surface area contributed by atoms with Gasteiger partial charge >= 0.3 is 0 Å². The quantitative estimate of drug-likeness (QED) is 0.795. The molecule has 0 bridgehead atoms. The zero-order chi connectivity index (χ0) is 18.0. The fraction of sp³-hybridized carbons (Fsp3) is 0.611. The number of rotatable bonds is 6. The highest BCUT2D eigenvalue weighted by Crippen LogP contribution is 2.37. The molecule has 1 aromatic rings. The second-order valence-corrected chi connectivity index (χ2v) is 8.57. The number of hydrogen-bond acceptors (Lipinski definition) is 5. The normalized spacial score (nSPS) is 25.6. The van der Waals surface area contributed by atoms with Gasteiger partial charge in [-0.15, -0.1) is 0 Å². The van der Waals surface area contributed by atoms with E-state index in [-0.39, 0.29) is 22.3 Å². The molecule has 134 valence electrons. The first-order valence-corrected chi connectivity index (χ1v) is 10.1. The number of carbonyl (C=O) groups is 1. The molecule has 0 aromatic heterocycles. The number of nitrogens with one attached hydrogen (secondary N) is 1. The van der Waals surface area contributed by atoms with Gasteiger partial charge in [0.15, 0.2) is 16.1 Å². The Morgan fingerprint density at radius 2 is 2.08 bits per heavy atom. The van der Waals surface area contributed by atoms with Crippen LogP contribution < -0.4 is 10.1 Å². The van der Waals surface area contributed by atoms with Crippen molar-refractivity contribution < 1.29 is 17.9 Å². The molecule has 1 heterocycles. The van der Waals surface area contributed by atoms with Gasteiger partial charge in [0.1, 0.15) is 5.75 Å². The van der Waals surface area contributed by atoms with Crippen molar-refractivity contribution in [2.75, 3.05) is 12.9 Å². The zero-order valence-electron chi connectivity index (χ0n) is 14.9. The highest BCUT2D eigenvalue weighted by molar-refractivity contribution is 7.91. The van der Waals surface area contributed by atoms with Gasteiger partial charge in [-0.25, -0.2) is 8.42 Å².